The van der Waals surface area contributed by atoms with E-state index in [-0.39, 0.29) is 30.4 Å². The summed E-state index contributed by atoms with van der Waals surface area (Å²) in [6.45, 7) is 5.75. The molecule has 3 aliphatic heterocycles. The standard InChI is InChI=1S/C14H17NO5S/c1-3-4-20-14(18)10-12-11(19-5-6-21-12)9-8(7(2)16)13(17)15(9)10/h3,7-9,11,16H,1,4-6H2,2H3/t7-,8-,9+,11+/m1/s1. The summed E-state index contributed by atoms with van der Waals surface area (Å²) in [5.74, 6) is -0.564. The van der Waals surface area contributed by atoms with Crippen molar-refractivity contribution in [1.82, 2.24) is 4.90 Å². The van der Waals surface area contributed by atoms with E-state index in [9.17, 15) is 14.7 Å². The third kappa shape index (κ3) is 2.11. The molecule has 6 nitrogen and oxygen atoms in total. The SMILES string of the molecule is C=CCOC(=O)C1=C2SCCO[C@H]2[C@@H]2[C@@H]([C@@H](C)O)C(=O)N12. The predicted octanol–water partition coefficient (Wildman–Crippen LogP) is 0.281. The molecule has 0 aromatic carbocycles. The van der Waals surface area contributed by atoms with Gasteiger partial charge in [-0.15, -0.1) is 11.8 Å². The highest BCUT2D eigenvalue weighted by atomic mass is 32.2. The van der Waals surface area contributed by atoms with Crippen molar-refractivity contribution in [3.05, 3.63) is 23.3 Å². The van der Waals surface area contributed by atoms with E-state index in [1.165, 1.54) is 22.7 Å². The van der Waals surface area contributed by atoms with Gasteiger partial charge in [0.05, 0.1) is 24.7 Å². The first-order chi connectivity index (χ1) is 10.1. The van der Waals surface area contributed by atoms with Gasteiger partial charge in [-0.25, -0.2) is 4.79 Å². The quantitative estimate of drug-likeness (QED) is 0.457. The maximum Gasteiger partial charge on any atom is 0.356 e. The van der Waals surface area contributed by atoms with Gasteiger partial charge in [-0.2, -0.15) is 0 Å². The van der Waals surface area contributed by atoms with E-state index in [1.807, 2.05) is 0 Å². The highest BCUT2D eigenvalue weighted by molar-refractivity contribution is 8.03. The van der Waals surface area contributed by atoms with E-state index >= 15 is 0 Å². The molecular formula is C14H17NO5S. The molecule has 0 aromatic rings. The number of thioether (sulfide) groups is 1. The van der Waals surface area contributed by atoms with Crippen LogP contribution >= 0.6 is 11.8 Å². The largest absolute Gasteiger partial charge is 0.457 e. The molecule has 21 heavy (non-hydrogen) atoms. The van der Waals surface area contributed by atoms with Crippen LogP contribution in [0.1, 0.15) is 6.92 Å². The summed E-state index contributed by atoms with van der Waals surface area (Å²) in [6.07, 6.45) is 0.389. The van der Waals surface area contributed by atoms with Crippen molar-refractivity contribution in [3.8, 4) is 0 Å². The lowest BCUT2D eigenvalue weighted by atomic mass is 9.82. The Kier molecular flexibility index (Phi) is 3.81. The van der Waals surface area contributed by atoms with Crippen LogP contribution in [0.2, 0.25) is 0 Å². The van der Waals surface area contributed by atoms with Crippen LogP contribution in [0.4, 0.5) is 0 Å². The number of amides is 1. The van der Waals surface area contributed by atoms with Gasteiger partial charge in [-0.1, -0.05) is 12.7 Å². The van der Waals surface area contributed by atoms with Gasteiger partial charge < -0.3 is 14.6 Å². The monoisotopic (exact) mass is 311 g/mol. The molecule has 1 N–H and O–H groups in total. The van der Waals surface area contributed by atoms with Gasteiger partial charge in [0.15, 0.2) is 0 Å². The highest BCUT2D eigenvalue weighted by Gasteiger charge is 2.62. The van der Waals surface area contributed by atoms with Crippen molar-refractivity contribution >= 4 is 23.6 Å². The summed E-state index contributed by atoms with van der Waals surface area (Å²) in [5, 5.41) is 9.79. The molecule has 0 bridgehead atoms. The van der Waals surface area contributed by atoms with Crippen molar-refractivity contribution in [3.63, 3.8) is 0 Å². The average Bonchev–Trinajstić information content (AvgIpc) is 2.75. The van der Waals surface area contributed by atoms with Gasteiger partial charge in [-0.05, 0) is 6.92 Å². The fourth-order valence-corrected chi connectivity index (χ4v) is 4.16. The number of carbonyl (C=O) groups is 2. The lowest BCUT2D eigenvalue weighted by Crippen LogP contribution is -2.65. The topological polar surface area (TPSA) is 76.1 Å². The molecule has 0 spiro atoms. The third-order valence-corrected chi connectivity index (χ3v) is 5.02. The van der Waals surface area contributed by atoms with Crippen LogP contribution in [-0.4, -0.2) is 59.1 Å². The molecule has 3 heterocycles. The first-order valence-corrected chi connectivity index (χ1v) is 7.84. The number of aliphatic hydroxyl groups excluding tert-OH is 1. The molecule has 7 heteroatoms. The van der Waals surface area contributed by atoms with Crippen LogP contribution in [0, 0.1) is 5.92 Å². The van der Waals surface area contributed by atoms with Crippen LogP contribution in [0.15, 0.2) is 23.3 Å². The Morgan fingerprint density at radius 3 is 3.14 bits per heavy atom. The summed E-state index contributed by atoms with van der Waals surface area (Å²) in [7, 11) is 0. The molecule has 3 rings (SSSR count). The normalized spacial score (nSPS) is 32.2. The second-order valence-corrected chi connectivity index (χ2v) is 6.34. The lowest BCUT2D eigenvalue weighted by molar-refractivity contribution is -0.168. The van der Waals surface area contributed by atoms with Gasteiger partial charge in [0.25, 0.3) is 0 Å². The molecule has 114 valence electrons. The van der Waals surface area contributed by atoms with Crippen molar-refractivity contribution in [1.29, 1.82) is 0 Å². The number of esters is 1. The Balaban J connectivity index is 1.92. The summed E-state index contributed by atoms with van der Waals surface area (Å²) < 4.78 is 10.8. The number of nitrogens with zero attached hydrogens (tertiary/aromatic N) is 1. The Labute approximate surface area is 126 Å². The summed E-state index contributed by atoms with van der Waals surface area (Å²) in [5.41, 5.74) is 0.276. The Bertz CT molecular complexity index is 529. The predicted molar refractivity (Wildman–Crippen MR) is 76.2 cm³/mol. The fraction of sp³-hybridized carbons (Fsp3) is 0.571. The van der Waals surface area contributed by atoms with Crippen molar-refractivity contribution in [2.75, 3.05) is 19.0 Å². The van der Waals surface area contributed by atoms with Crippen LogP contribution in [0.5, 0.6) is 0 Å². The van der Waals surface area contributed by atoms with Gasteiger partial charge in [0, 0.05) is 10.7 Å². The Morgan fingerprint density at radius 2 is 2.48 bits per heavy atom. The van der Waals surface area contributed by atoms with Crippen molar-refractivity contribution in [2.24, 2.45) is 5.92 Å². The van der Waals surface area contributed by atoms with Crippen LogP contribution in [-0.2, 0) is 19.1 Å². The minimum absolute atomic E-state index is 0.0956. The molecule has 3 aliphatic rings. The molecular weight excluding hydrogens is 294 g/mol. The zero-order valence-electron chi connectivity index (χ0n) is 11.7. The lowest BCUT2D eigenvalue weighted by Gasteiger charge is -2.46. The molecule has 0 aliphatic carbocycles. The second-order valence-electron chi connectivity index (χ2n) is 5.21. The maximum absolute atomic E-state index is 12.3. The minimum atomic E-state index is -0.765. The fourth-order valence-electron chi connectivity index (χ4n) is 3.07. The van der Waals surface area contributed by atoms with Gasteiger partial charge in [-0.3, -0.25) is 9.69 Å². The zero-order valence-corrected chi connectivity index (χ0v) is 12.5. The van der Waals surface area contributed by atoms with E-state index in [1.54, 1.807) is 6.92 Å². The molecule has 0 unspecified atom stereocenters. The highest BCUT2D eigenvalue weighted by Crippen LogP contribution is 2.50. The number of carbonyl (C=O) groups excluding carboxylic acids is 2. The zero-order chi connectivity index (χ0) is 15.1. The molecule has 0 aromatic heterocycles. The summed E-state index contributed by atoms with van der Waals surface area (Å²) in [4.78, 5) is 26.7. The number of β-lactam (4-membered cyclic amide) rings is 1. The first kappa shape index (κ1) is 14.6. The van der Waals surface area contributed by atoms with Crippen LogP contribution in [0.3, 0.4) is 0 Å². The van der Waals surface area contributed by atoms with Crippen molar-refractivity contribution < 1.29 is 24.2 Å². The van der Waals surface area contributed by atoms with Crippen LogP contribution < -0.4 is 0 Å². The average molecular weight is 311 g/mol. The Morgan fingerprint density at radius 1 is 1.71 bits per heavy atom. The van der Waals surface area contributed by atoms with Gasteiger partial charge >= 0.3 is 5.97 Å². The first-order valence-electron chi connectivity index (χ1n) is 6.85. The van der Waals surface area contributed by atoms with Gasteiger partial charge in [0.1, 0.15) is 18.4 Å². The van der Waals surface area contributed by atoms with Gasteiger partial charge in [0.2, 0.25) is 5.91 Å². The maximum atomic E-state index is 12.3. The molecule has 4 atom stereocenters. The third-order valence-electron chi connectivity index (χ3n) is 3.92. The number of hydrogen-bond donors (Lipinski definition) is 1. The van der Waals surface area contributed by atoms with E-state index < -0.39 is 18.0 Å². The molecule has 2 fully saturated rings. The number of aliphatic hydroxyl groups is 1. The number of fused-ring (bicyclic) bond motifs is 3. The molecule has 0 radical (unpaired) electrons. The number of rotatable bonds is 4. The van der Waals surface area contributed by atoms with E-state index in [4.69, 9.17) is 9.47 Å². The van der Waals surface area contributed by atoms with Crippen molar-refractivity contribution in [2.45, 2.75) is 25.2 Å². The van der Waals surface area contributed by atoms with E-state index in [0.29, 0.717) is 6.61 Å². The minimum Gasteiger partial charge on any atom is -0.457 e. The molecule has 0 saturated carbocycles. The molecule has 1 amide bonds. The summed E-state index contributed by atoms with van der Waals surface area (Å²) in [6, 6.07) is -0.299. The summed E-state index contributed by atoms with van der Waals surface area (Å²) >= 11 is 1.52. The van der Waals surface area contributed by atoms with Crippen LogP contribution in [0.25, 0.3) is 0 Å². The number of ether oxygens (including phenoxy) is 2. The van der Waals surface area contributed by atoms with E-state index in [0.717, 1.165) is 10.7 Å². The molecule has 2 saturated heterocycles. The van der Waals surface area contributed by atoms with E-state index in [2.05, 4.69) is 6.58 Å². The smallest absolute Gasteiger partial charge is 0.356 e. The number of hydrogen-bond acceptors (Lipinski definition) is 6. The Hall–Kier alpha value is -1.31. The second kappa shape index (κ2) is 5.47.